The second-order valence-electron chi connectivity index (χ2n) is 12.5. The van der Waals surface area contributed by atoms with E-state index in [1.807, 2.05) is 17.4 Å². The lowest BCUT2D eigenvalue weighted by molar-refractivity contribution is -0.172. The third-order valence-corrected chi connectivity index (χ3v) is 8.38. The lowest BCUT2D eigenvalue weighted by Gasteiger charge is -2.27. The van der Waals surface area contributed by atoms with Gasteiger partial charge in [-0.15, -0.1) is 0 Å². The van der Waals surface area contributed by atoms with Crippen molar-refractivity contribution >= 4 is 52.9 Å². The van der Waals surface area contributed by atoms with Crippen LogP contribution in [0.15, 0.2) is 48.5 Å². The number of aliphatic carboxylic acids is 1. The van der Waals surface area contributed by atoms with E-state index in [0.717, 1.165) is 18.1 Å². The number of halogens is 3. The second-order valence-corrected chi connectivity index (χ2v) is 12.9. The predicted octanol–water partition coefficient (Wildman–Crippen LogP) is 0.232. The number of Topliss-reactive ketones (excluding diaryl/α,β-unsaturated/α-hetero) is 1. The van der Waals surface area contributed by atoms with Crippen LogP contribution in [0, 0.1) is 0 Å². The Morgan fingerprint density at radius 3 is 1.72 bits per heavy atom. The predicted molar refractivity (Wildman–Crippen MR) is 193 cm³/mol. The monoisotopic (exact) mass is 781 g/mol. The van der Waals surface area contributed by atoms with Crippen LogP contribution in [0.2, 0.25) is 5.02 Å². The van der Waals surface area contributed by atoms with Gasteiger partial charge in [-0.25, -0.2) is 4.79 Å². The third-order valence-electron chi connectivity index (χ3n) is 8.13. The highest BCUT2D eigenvalue weighted by Crippen LogP contribution is 2.22. The number of rotatable bonds is 21. The van der Waals surface area contributed by atoms with Crippen molar-refractivity contribution < 1.29 is 52.6 Å². The lowest BCUT2D eigenvalue weighted by atomic mass is 10.0. The van der Waals surface area contributed by atoms with Crippen LogP contribution in [0.5, 0.6) is 0 Å². The Morgan fingerprint density at radius 1 is 0.685 bits per heavy atom. The molecule has 0 saturated carbocycles. The molecule has 5 amide bonds. The number of carbonyl (C=O) groups excluding carboxylic acids is 6. The molecule has 0 aromatic heterocycles. The SMILES string of the molecule is CC(NC(=O)[C@H](CCCCN)NC(=O)[C@H](C)NC(=O)[C@@H](NC(=O)[C@H](CCN)NC(=O)c1ccc(-c2ccc(Cl)cc2)cc1)[C@@H](C)O)C(=O)C(F)(F)C(=O)O. The standard InChI is InChI=1S/C35H46ClF2N7O9/c1-18(28(47)35(37,38)34(53)54)41-31(50)25(6-4-5-16-39)43-29(48)19(2)42-33(52)27(20(3)46)45-32(51)26(15-17-40)44-30(49)23-9-7-21(8-10-23)22-11-13-24(36)14-12-22/h7-14,18-20,25-27,46H,4-6,15-17,39-40H2,1-3H3,(H,41,50)(H,42,52)(H,43,48)(H,44,49)(H,45,51)(H,53,54)/t18?,19-,20+,25-,26-,27-/m0/s1. The average Bonchev–Trinajstić information content (AvgIpc) is 3.12. The number of amides is 5. The molecule has 0 fully saturated rings. The zero-order valence-electron chi connectivity index (χ0n) is 29.9. The molecule has 0 aliphatic rings. The molecule has 16 nitrogen and oxygen atoms in total. The Bertz CT molecular complexity index is 1650. The number of ketones is 1. The van der Waals surface area contributed by atoms with Crippen molar-refractivity contribution in [2.75, 3.05) is 13.1 Å². The fourth-order valence-corrected chi connectivity index (χ4v) is 5.10. The first-order valence-electron chi connectivity index (χ1n) is 17.0. The van der Waals surface area contributed by atoms with Gasteiger partial charge >= 0.3 is 11.9 Å². The molecule has 0 spiro atoms. The molecular formula is C35H46ClF2N7O9. The van der Waals surface area contributed by atoms with E-state index < -0.39 is 83.5 Å². The van der Waals surface area contributed by atoms with E-state index in [2.05, 4.69) is 21.3 Å². The first kappa shape index (κ1) is 45.1. The lowest BCUT2D eigenvalue weighted by Crippen LogP contribution is -2.60. The summed E-state index contributed by atoms with van der Waals surface area (Å²) in [6.07, 6.45) is -0.946. The number of alkyl halides is 2. The summed E-state index contributed by atoms with van der Waals surface area (Å²) < 4.78 is 27.4. The van der Waals surface area contributed by atoms with E-state index in [4.69, 9.17) is 28.2 Å². The van der Waals surface area contributed by atoms with E-state index in [0.29, 0.717) is 11.4 Å². The summed E-state index contributed by atoms with van der Waals surface area (Å²) in [5.74, 6) is -14.1. The topological polar surface area (TPSA) is 272 Å². The van der Waals surface area contributed by atoms with Crippen LogP contribution in [-0.4, -0.2) is 107 Å². The number of hydrogen-bond acceptors (Lipinski definition) is 10. The maximum absolute atomic E-state index is 13.7. The van der Waals surface area contributed by atoms with Crippen LogP contribution in [-0.2, 0) is 28.8 Å². The van der Waals surface area contributed by atoms with Gasteiger partial charge in [0, 0.05) is 10.6 Å². The number of nitrogens with two attached hydrogens (primary N) is 2. The zero-order valence-corrected chi connectivity index (χ0v) is 30.6. The largest absolute Gasteiger partial charge is 0.476 e. The maximum atomic E-state index is 13.7. The summed E-state index contributed by atoms with van der Waals surface area (Å²) in [4.78, 5) is 88.2. The molecule has 6 atom stereocenters. The third kappa shape index (κ3) is 13.1. The highest BCUT2D eigenvalue weighted by molar-refractivity contribution is 6.30. The molecule has 2 aromatic carbocycles. The Labute approximate surface area is 315 Å². The Balaban J connectivity index is 2.10. The molecular weight excluding hydrogens is 736 g/mol. The average molecular weight is 782 g/mol. The molecule has 0 bridgehead atoms. The minimum atomic E-state index is -4.78. The van der Waals surface area contributed by atoms with E-state index >= 15 is 0 Å². The number of unbranched alkanes of at least 4 members (excludes halogenated alkanes) is 1. The number of nitrogens with one attached hydrogen (secondary N) is 5. The van der Waals surface area contributed by atoms with Crippen LogP contribution in [0.3, 0.4) is 0 Å². The van der Waals surface area contributed by atoms with Crippen LogP contribution in [0.25, 0.3) is 11.1 Å². The first-order valence-corrected chi connectivity index (χ1v) is 17.3. The van der Waals surface area contributed by atoms with Crippen molar-refractivity contribution in [1.29, 1.82) is 0 Å². The Kier molecular flexibility index (Phi) is 17.5. The summed E-state index contributed by atoms with van der Waals surface area (Å²) in [5, 5.41) is 31.1. The summed E-state index contributed by atoms with van der Waals surface area (Å²) in [6, 6.07) is 5.99. The quantitative estimate of drug-likeness (QED) is 0.0611. The van der Waals surface area contributed by atoms with Gasteiger partial charge in [-0.1, -0.05) is 35.9 Å². The summed E-state index contributed by atoms with van der Waals surface area (Å²) in [6.45, 7) is 3.45. The van der Waals surface area contributed by atoms with Crippen LogP contribution >= 0.6 is 11.6 Å². The normalized spacial score (nSPS) is 14.6. The molecule has 19 heteroatoms. The molecule has 11 N–H and O–H groups in total. The number of aliphatic hydroxyl groups is 1. The van der Waals surface area contributed by atoms with E-state index in [-0.39, 0.29) is 37.9 Å². The second kappa shape index (κ2) is 21.0. The molecule has 0 heterocycles. The number of carboxylic acid groups (broad SMARTS) is 1. The fraction of sp³-hybridized carbons (Fsp3) is 0.457. The van der Waals surface area contributed by atoms with Crippen molar-refractivity contribution in [1.82, 2.24) is 26.6 Å². The van der Waals surface area contributed by atoms with E-state index in [9.17, 15) is 47.4 Å². The van der Waals surface area contributed by atoms with Crippen molar-refractivity contribution in [3.05, 3.63) is 59.1 Å². The van der Waals surface area contributed by atoms with Gasteiger partial charge in [0.25, 0.3) is 5.91 Å². The Hall–Kier alpha value is -5.04. The number of benzene rings is 2. The molecule has 2 aromatic rings. The van der Waals surface area contributed by atoms with Gasteiger partial charge in [-0.05, 0) is 94.9 Å². The number of carboxylic acids is 1. The minimum Gasteiger partial charge on any atom is -0.476 e. The zero-order chi connectivity index (χ0) is 40.7. The summed E-state index contributed by atoms with van der Waals surface area (Å²) >= 11 is 5.95. The first-order chi connectivity index (χ1) is 25.3. The van der Waals surface area contributed by atoms with Crippen molar-refractivity contribution in [2.24, 2.45) is 11.5 Å². The van der Waals surface area contributed by atoms with Gasteiger partial charge in [0.2, 0.25) is 29.4 Å². The molecule has 2 rings (SSSR count). The summed E-state index contributed by atoms with van der Waals surface area (Å²) in [7, 11) is 0. The highest BCUT2D eigenvalue weighted by Gasteiger charge is 2.50. The Morgan fingerprint density at radius 2 is 1.20 bits per heavy atom. The van der Waals surface area contributed by atoms with Gasteiger partial charge < -0.3 is 48.3 Å². The smallest absolute Gasteiger partial charge is 0.401 e. The molecule has 0 aliphatic carbocycles. The van der Waals surface area contributed by atoms with Gasteiger partial charge in [0.15, 0.2) is 0 Å². The molecule has 0 aliphatic heterocycles. The van der Waals surface area contributed by atoms with Gasteiger partial charge in [0.05, 0.1) is 12.1 Å². The van der Waals surface area contributed by atoms with Gasteiger partial charge in [-0.3, -0.25) is 28.8 Å². The fourth-order valence-electron chi connectivity index (χ4n) is 4.98. The molecule has 54 heavy (non-hydrogen) atoms. The number of aliphatic hydroxyl groups excluding tert-OH is 1. The molecule has 1 unspecified atom stereocenters. The van der Waals surface area contributed by atoms with Gasteiger partial charge in [-0.2, -0.15) is 8.78 Å². The molecule has 296 valence electrons. The molecule has 0 radical (unpaired) electrons. The molecule has 0 saturated heterocycles. The van der Waals surface area contributed by atoms with Crippen molar-refractivity contribution in [3.8, 4) is 11.1 Å². The van der Waals surface area contributed by atoms with Crippen LogP contribution in [0.1, 0.15) is 56.8 Å². The highest BCUT2D eigenvalue weighted by atomic mass is 35.5. The van der Waals surface area contributed by atoms with Crippen molar-refractivity contribution in [2.45, 2.75) is 88.7 Å². The van der Waals surface area contributed by atoms with Crippen molar-refractivity contribution in [3.63, 3.8) is 0 Å². The number of hydrogen-bond donors (Lipinski definition) is 9. The van der Waals surface area contributed by atoms with E-state index in [1.165, 1.54) is 13.8 Å². The van der Waals surface area contributed by atoms with Gasteiger partial charge in [0.1, 0.15) is 24.2 Å². The number of carbonyl (C=O) groups is 7. The minimum absolute atomic E-state index is 0.0361. The maximum Gasteiger partial charge on any atom is 0.401 e. The summed E-state index contributed by atoms with van der Waals surface area (Å²) in [5.41, 5.74) is 13.1. The van der Waals surface area contributed by atoms with Crippen LogP contribution in [0.4, 0.5) is 8.78 Å². The van der Waals surface area contributed by atoms with Crippen LogP contribution < -0.4 is 38.1 Å². The van der Waals surface area contributed by atoms with E-state index in [1.54, 1.807) is 36.4 Å².